The van der Waals surface area contributed by atoms with Gasteiger partial charge >= 0.3 is 0 Å². The predicted octanol–water partition coefficient (Wildman–Crippen LogP) is 2.10. The van der Waals surface area contributed by atoms with Crippen LogP contribution in [0.2, 0.25) is 0 Å². The van der Waals surface area contributed by atoms with Crippen LogP contribution >= 0.6 is 0 Å². The predicted molar refractivity (Wildman–Crippen MR) is 95.1 cm³/mol. The number of nitrogens with zero attached hydrogens (tertiary/aromatic N) is 2. The average molecular weight is 355 g/mol. The second-order valence-electron chi connectivity index (χ2n) is 5.93. The standard InChI is InChI=1S/C19H21N3O4/c1-24-19-15(10-20)16(6-8-21-19)22-17-7-9-25-12-18(17)26-14-4-2-13(11-23)3-5-14/h2-6,8,17-18,23H,7,9,11-12H2,1H3,(H,21,22)/t17-,18-/m1/s1. The molecule has 0 saturated carbocycles. The van der Waals surface area contributed by atoms with Crippen LogP contribution in [0.5, 0.6) is 11.6 Å². The molecule has 1 aliphatic rings. The van der Waals surface area contributed by atoms with Crippen molar-refractivity contribution in [2.45, 2.75) is 25.2 Å². The molecule has 1 aliphatic heterocycles. The fourth-order valence-corrected chi connectivity index (χ4v) is 2.87. The van der Waals surface area contributed by atoms with Crippen LogP contribution in [0.1, 0.15) is 17.5 Å². The quantitative estimate of drug-likeness (QED) is 0.819. The summed E-state index contributed by atoms with van der Waals surface area (Å²) >= 11 is 0. The molecule has 2 heterocycles. The monoisotopic (exact) mass is 355 g/mol. The molecule has 1 fully saturated rings. The van der Waals surface area contributed by atoms with Crippen molar-refractivity contribution in [2.75, 3.05) is 25.6 Å². The second kappa shape index (κ2) is 8.52. The lowest BCUT2D eigenvalue weighted by Crippen LogP contribution is -2.45. The minimum atomic E-state index is -0.213. The first kappa shape index (κ1) is 18.0. The van der Waals surface area contributed by atoms with E-state index in [2.05, 4.69) is 16.4 Å². The van der Waals surface area contributed by atoms with Crippen molar-refractivity contribution in [3.8, 4) is 17.7 Å². The van der Waals surface area contributed by atoms with Gasteiger partial charge in [0.2, 0.25) is 5.88 Å². The van der Waals surface area contributed by atoms with E-state index in [4.69, 9.17) is 19.3 Å². The number of anilines is 1. The molecule has 0 amide bonds. The lowest BCUT2D eigenvalue weighted by molar-refractivity contribution is -0.000565. The van der Waals surface area contributed by atoms with E-state index in [1.165, 1.54) is 7.11 Å². The largest absolute Gasteiger partial charge is 0.486 e. The number of aliphatic hydroxyl groups excluding tert-OH is 1. The molecule has 0 unspecified atom stereocenters. The Hall–Kier alpha value is -2.82. The lowest BCUT2D eigenvalue weighted by Gasteiger charge is -2.33. The van der Waals surface area contributed by atoms with Crippen molar-refractivity contribution in [2.24, 2.45) is 0 Å². The number of nitrogens with one attached hydrogen (secondary N) is 1. The molecule has 0 aliphatic carbocycles. The van der Waals surface area contributed by atoms with Crippen LogP contribution < -0.4 is 14.8 Å². The molecule has 0 bridgehead atoms. The minimum Gasteiger partial charge on any atom is -0.486 e. The Morgan fingerprint density at radius 1 is 1.35 bits per heavy atom. The second-order valence-corrected chi connectivity index (χ2v) is 5.93. The normalized spacial score (nSPS) is 19.4. The van der Waals surface area contributed by atoms with Gasteiger partial charge in [-0.25, -0.2) is 4.98 Å². The average Bonchev–Trinajstić information content (AvgIpc) is 2.69. The van der Waals surface area contributed by atoms with Gasteiger partial charge in [0, 0.05) is 12.8 Å². The van der Waals surface area contributed by atoms with E-state index in [0.717, 1.165) is 12.0 Å². The Balaban J connectivity index is 1.76. The van der Waals surface area contributed by atoms with Crippen molar-refractivity contribution < 1.29 is 19.3 Å². The number of pyridine rings is 1. The summed E-state index contributed by atoms with van der Waals surface area (Å²) in [4.78, 5) is 4.06. The highest BCUT2D eigenvalue weighted by Gasteiger charge is 2.28. The van der Waals surface area contributed by atoms with Gasteiger partial charge in [-0.15, -0.1) is 0 Å². The molecule has 0 radical (unpaired) electrons. The van der Waals surface area contributed by atoms with Crippen molar-refractivity contribution in [1.29, 1.82) is 5.26 Å². The summed E-state index contributed by atoms with van der Waals surface area (Å²) in [5, 5.41) is 21.9. The van der Waals surface area contributed by atoms with Gasteiger partial charge in [-0.1, -0.05) is 12.1 Å². The minimum absolute atomic E-state index is 0.00217. The molecular formula is C19H21N3O4. The first-order chi connectivity index (χ1) is 12.7. The molecule has 1 saturated heterocycles. The third kappa shape index (κ3) is 4.04. The number of methoxy groups -OCH3 is 1. The van der Waals surface area contributed by atoms with Gasteiger partial charge in [-0.05, 0) is 30.2 Å². The van der Waals surface area contributed by atoms with Gasteiger partial charge in [0.1, 0.15) is 23.5 Å². The third-order valence-electron chi connectivity index (χ3n) is 4.26. The van der Waals surface area contributed by atoms with Gasteiger partial charge in [0.05, 0.1) is 32.1 Å². The van der Waals surface area contributed by atoms with E-state index in [-0.39, 0.29) is 18.8 Å². The molecule has 1 aromatic carbocycles. The number of nitriles is 1. The Morgan fingerprint density at radius 3 is 2.85 bits per heavy atom. The molecule has 1 aromatic heterocycles. The number of hydrogen-bond acceptors (Lipinski definition) is 7. The van der Waals surface area contributed by atoms with E-state index in [1.807, 2.05) is 24.3 Å². The topological polar surface area (TPSA) is 96.6 Å². The number of aliphatic hydroxyl groups is 1. The summed E-state index contributed by atoms with van der Waals surface area (Å²) in [6.45, 7) is 1.06. The van der Waals surface area contributed by atoms with Gasteiger partial charge in [-0.3, -0.25) is 0 Å². The van der Waals surface area contributed by atoms with Gasteiger partial charge in [0.15, 0.2) is 0 Å². The van der Waals surface area contributed by atoms with Crippen LogP contribution in [-0.2, 0) is 11.3 Å². The number of rotatable bonds is 6. The van der Waals surface area contributed by atoms with Crippen LogP contribution in [-0.4, -0.2) is 42.6 Å². The molecule has 2 N–H and O–H groups in total. The van der Waals surface area contributed by atoms with Crippen LogP contribution in [0.25, 0.3) is 0 Å². The van der Waals surface area contributed by atoms with E-state index in [1.54, 1.807) is 12.3 Å². The van der Waals surface area contributed by atoms with Gasteiger partial charge < -0.3 is 24.6 Å². The summed E-state index contributed by atoms with van der Waals surface area (Å²) in [6, 6.07) is 11.2. The Kier molecular flexibility index (Phi) is 5.89. The third-order valence-corrected chi connectivity index (χ3v) is 4.26. The molecule has 26 heavy (non-hydrogen) atoms. The van der Waals surface area contributed by atoms with Crippen LogP contribution in [0.3, 0.4) is 0 Å². The highest BCUT2D eigenvalue weighted by molar-refractivity contribution is 5.61. The van der Waals surface area contributed by atoms with Crippen LogP contribution in [0, 0.1) is 11.3 Å². The first-order valence-corrected chi connectivity index (χ1v) is 8.39. The number of hydrogen-bond donors (Lipinski definition) is 2. The highest BCUT2D eigenvalue weighted by atomic mass is 16.5. The molecule has 0 spiro atoms. The number of ether oxygens (including phenoxy) is 3. The van der Waals surface area contributed by atoms with Crippen molar-refractivity contribution >= 4 is 5.69 Å². The Morgan fingerprint density at radius 2 is 2.15 bits per heavy atom. The van der Waals surface area contributed by atoms with E-state index >= 15 is 0 Å². The zero-order valence-corrected chi connectivity index (χ0v) is 14.5. The van der Waals surface area contributed by atoms with Gasteiger partial charge in [0.25, 0.3) is 0 Å². The van der Waals surface area contributed by atoms with E-state index < -0.39 is 0 Å². The van der Waals surface area contributed by atoms with E-state index in [0.29, 0.717) is 36.1 Å². The molecule has 136 valence electrons. The Bertz CT molecular complexity index is 773. The number of aromatic nitrogens is 1. The van der Waals surface area contributed by atoms with E-state index in [9.17, 15) is 5.26 Å². The molecule has 7 heteroatoms. The maximum Gasteiger partial charge on any atom is 0.233 e. The maximum absolute atomic E-state index is 9.42. The zero-order chi connectivity index (χ0) is 18.4. The summed E-state index contributed by atoms with van der Waals surface area (Å²) < 4.78 is 16.8. The molecule has 7 nitrogen and oxygen atoms in total. The molecule has 2 aromatic rings. The smallest absolute Gasteiger partial charge is 0.233 e. The van der Waals surface area contributed by atoms with Gasteiger partial charge in [-0.2, -0.15) is 5.26 Å². The summed E-state index contributed by atoms with van der Waals surface area (Å²) in [7, 11) is 1.49. The fraction of sp³-hybridized carbons (Fsp3) is 0.368. The summed E-state index contributed by atoms with van der Waals surface area (Å²) in [5.41, 5.74) is 1.86. The zero-order valence-electron chi connectivity index (χ0n) is 14.5. The SMILES string of the molecule is COc1nccc(N[C@@H]2CCOC[C@H]2Oc2ccc(CO)cc2)c1C#N. The molecular weight excluding hydrogens is 334 g/mol. The highest BCUT2D eigenvalue weighted by Crippen LogP contribution is 2.26. The fourth-order valence-electron chi connectivity index (χ4n) is 2.87. The van der Waals surface area contributed by atoms with Crippen LogP contribution in [0.15, 0.2) is 36.5 Å². The molecule has 2 atom stereocenters. The molecule has 3 rings (SSSR count). The maximum atomic E-state index is 9.42. The summed E-state index contributed by atoms with van der Waals surface area (Å²) in [6.07, 6.45) is 2.13. The first-order valence-electron chi connectivity index (χ1n) is 8.39. The van der Waals surface area contributed by atoms with Crippen molar-refractivity contribution in [3.05, 3.63) is 47.7 Å². The van der Waals surface area contributed by atoms with Crippen molar-refractivity contribution in [3.63, 3.8) is 0 Å². The number of benzene rings is 1. The lowest BCUT2D eigenvalue weighted by atomic mass is 10.0. The van der Waals surface area contributed by atoms with Crippen LogP contribution in [0.4, 0.5) is 5.69 Å². The Labute approximate surface area is 152 Å². The summed E-state index contributed by atoms with van der Waals surface area (Å²) in [5.74, 6) is 0.999. The van der Waals surface area contributed by atoms with Crippen molar-refractivity contribution in [1.82, 2.24) is 4.98 Å².